The Morgan fingerprint density at radius 1 is 1.21 bits per heavy atom. The highest BCUT2D eigenvalue weighted by atomic mass is 16.2. The van der Waals surface area contributed by atoms with E-state index in [4.69, 9.17) is 0 Å². The molecule has 1 fully saturated rings. The number of aromatic amines is 2. The summed E-state index contributed by atoms with van der Waals surface area (Å²) in [6.07, 6.45) is 6.03. The van der Waals surface area contributed by atoms with Crippen LogP contribution in [0.3, 0.4) is 0 Å². The Labute approximate surface area is 140 Å². The number of carbonyl (C=O) groups is 1. The largest absolute Gasteiger partial charge is 0.340 e. The number of aryl methyl sites for hydroxylation is 1. The molecule has 126 valence electrons. The zero-order chi connectivity index (χ0) is 16.7. The highest BCUT2D eigenvalue weighted by molar-refractivity contribution is 5.96. The maximum absolute atomic E-state index is 13.3. The molecular weight excluding hydrogens is 304 g/mol. The van der Waals surface area contributed by atoms with Gasteiger partial charge in [0.2, 0.25) is 0 Å². The highest BCUT2D eigenvalue weighted by Gasteiger charge is 2.32. The van der Waals surface area contributed by atoms with E-state index in [1.165, 1.54) is 16.7 Å². The molecule has 1 aliphatic carbocycles. The SMILES string of the molecule is Cc1ccc(C(=O)N2CCCC[C@H]2c2n[nH]c(=O)[nH]2)c2c1CCC2. The molecule has 6 heteroatoms. The van der Waals surface area contributed by atoms with Crippen molar-refractivity contribution < 1.29 is 4.79 Å². The zero-order valence-electron chi connectivity index (χ0n) is 13.9. The Bertz CT molecular complexity index is 836. The van der Waals surface area contributed by atoms with Crippen molar-refractivity contribution in [3.8, 4) is 0 Å². The van der Waals surface area contributed by atoms with Crippen LogP contribution in [-0.2, 0) is 12.8 Å². The van der Waals surface area contributed by atoms with Crippen LogP contribution >= 0.6 is 0 Å². The number of carbonyl (C=O) groups excluding carboxylic acids is 1. The summed E-state index contributed by atoms with van der Waals surface area (Å²) >= 11 is 0. The van der Waals surface area contributed by atoms with Crippen LogP contribution < -0.4 is 5.69 Å². The summed E-state index contributed by atoms with van der Waals surface area (Å²) in [5.41, 5.74) is 4.37. The number of aromatic nitrogens is 3. The second-order valence-corrected chi connectivity index (χ2v) is 6.81. The van der Waals surface area contributed by atoms with Crippen LogP contribution in [0.25, 0.3) is 0 Å². The summed E-state index contributed by atoms with van der Waals surface area (Å²) in [6.45, 7) is 2.83. The van der Waals surface area contributed by atoms with Crippen LogP contribution in [0, 0.1) is 6.92 Å². The van der Waals surface area contributed by atoms with Crippen LogP contribution in [0.15, 0.2) is 16.9 Å². The number of piperidine rings is 1. The number of likely N-dealkylation sites (tertiary alicyclic amines) is 1. The predicted octanol–water partition coefficient (Wildman–Crippen LogP) is 2.26. The van der Waals surface area contributed by atoms with Crippen molar-refractivity contribution >= 4 is 5.91 Å². The van der Waals surface area contributed by atoms with E-state index in [1.807, 2.05) is 11.0 Å². The number of fused-ring (bicyclic) bond motifs is 1. The van der Waals surface area contributed by atoms with E-state index in [9.17, 15) is 9.59 Å². The van der Waals surface area contributed by atoms with E-state index in [-0.39, 0.29) is 17.6 Å². The van der Waals surface area contributed by atoms with Gasteiger partial charge in [-0.3, -0.25) is 9.78 Å². The minimum absolute atomic E-state index is 0.0710. The molecule has 0 spiro atoms. The maximum atomic E-state index is 13.3. The molecule has 1 atom stereocenters. The second-order valence-electron chi connectivity index (χ2n) is 6.81. The molecule has 1 amide bonds. The molecule has 2 aromatic rings. The van der Waals surface area contributed by atoms with Gasteiger partial charge in [0.25, 0.3) is 5.91 Å². The maximum Gasteiger partial charge on any atom is 0.340 e. The van der Waals surface area contributed by atoms with Crippen LogP contribution in [-0.4, -0.2) is 32.5 Å². The number of nitrogens with one attached hydrogen (secondary N) is 2. The van der Waals surface area contributed by atoms with Crippen molar-refractivity contribution in [1.29, 1.82) is 0 Å². The van der Waals surface area contributed by atoms with Gasteiger partial charge in [-0.15, -0.1) is 0 Å². The molecule has 1 aliphatic heterocycles. The molecular formula is C18H22N4O2. The Morgan fingerprint density at radius 2 is 2.04 bits per heavy atom. The van der Waals surface area contributed by atoms with E-state index in [0.29, 0.717) is 12.4 Å². The number of rotatable bonds is 2. The summed E-state index contributed by atoms with van der Waals surface area (Å²) in [4.78, 5) is 29.3. The lowest BCUT2D eigenvalue weighted by Crippen LogP contribution is -2.39. The number of nitrogens with zero attached hydrogens (tertiary/aromatic N) is 2. The minimum Gasteiger partial charge on any atom is -0.328 e. The van der Waals surface area contributed by atoms with E-state index >= 15 is 0 Å². The van der Waals surface area contributed by atoms with Gasteiger partial charge in [-0.05, 0) is 68.2 Å². The van der Waals surface area contributed by atoms with Gasteiger partial charge in [0.1, 0.15) is 0 Å². The molecule has 24 heavy (non-hydrogen) atoms. The number of amides is 1. The summed E-state index contributed by atoms with van der Waals surface area (Å²) in [6, 6.07) is 3.89. The molecule has 2 aliphatic rings. The Hall–Kier alpha value is -2.37. The first kappa shape index (κ1) is 15.2. The van der Waals surface area contributed by atoms with E-state index in [1.54, 1.807) is 0 Å². The van der Waals surface area contributed by atoms with Gasteiger partial charge in [0.05, 0.1) is 6.04 Å². The number of hydrogen-bond donors (Lipinski definition) is 2. The Kier molecular flexibility index (Phi) is 3.75. The predicted molar refractivity (Wildman–Crippen MR) is 90.0 cm³/mol. The third-order valence-electron chi connectivity index (χ3n) is 5.35. The number of benzene rings is 1. The fourth-order valence-corrected chi connectivity index (χ4v) is 4.14. The molecule has 0 saturated carbocycles. The van der Waals surface area contributed by atoms with E-state index < -0.39 is 0 Å². The smallest absolute Gasteiger partial charge is 0.328 e. The van der Waals surface area contributed by atoms with Gasteiger partial charge >= 0.3 is 5.69 Å². The third-order valence-corrected chi connectivity index (χ3v) is 5.35. The first-order chi connectivity index (χ1) is 11.6. The Balaban J connectivity index is 1.70. The zero-order valence-corrected chi connectivity index (χ0v) is 13.9. The first-order valence-electron chi connectivity index (χ1n) is 8.72. The topological polar surface area (TPSA) is 81.8 Å². The van der Waals surface area contributed by atoms with Gasteiger partial charge in [-0.25, -0.2) is 9.89 Å². The highest BCUT2D eigenvalue weighted by Crippen LogP contribution is 2.33. The fraction of sp³-hybridized carbons (Fsp3) is 0.500. The van der Waals surface area contributed by atoms with Gasteiger partial charge < -0.3 is 4.90 Å². The van der Waals surface area contributed by atoms with Crippen LogP contribution in [0.2, 0.25) is 0 Å². The fourth-order valence-electron chi connectivity index (χ4n) is 4.14. The molecule has 0 bridgehead atoms. The lowest BCUT2D eigenvalue weighted by Gasteiger charge is -2.34. The first-order valence-corrected chi connectivity index (χ1v) is 8.72. The normalized spacial score (nSPS) is 20.2. The van der Waals surface area contributed by atoms with Gasteiger partial charge in [-0.2, -0.15) is 5.10 Å². The molecule has 1 saturated heterocycles. The third kappa shape index (κ3) is 2.46. The molecule has 0 radical (unpaired) electrons. The van der Waals surface area contributed by atoms with Crippen molar-refractivity contribution in [2.45, 2.75) is 51.5 Å². The van der Waals surface area contributed by atoms with Crippen molar-refractivity contribution in [1.82, 2.24) is 20.1 Å². The van der Waals surface area contributed by atoms with Gasteiger partial charge in [0.15, 0.2) is 5.82 Å². The number of hydrogen-bond acceptors (Lipinski definition) is 3. The van der Waals surface area contributed by atoms with Crippen LogP contribution in [0.4, 0.5) is 0 Å². The summed E-state index contributed by atoms with van der Waals surface area (Å²) in [7, 11) is 0. The van der Waals surface area contributed by atoms with Crippen molar-refractivity contribution in [2.75, 3.05) is 6.54 Å². The molecule has 2 heterocycles. The van der Waals surface area contributed by atoms with E-state index in [0.717, 1.165) is 44.1 Å². The quantitative estimate of drug-likeness (QED) is 0.888. The Morgan fingerprint density at radius 3 is 2.83 bits per heavy atom. The van der Waals surface area contributed by atoms with Crippen molar-refractivity contribution in [2.24, 2.45) is 0 Å². The number of H-pyrrole nitrogens is 2. The van der Waals surface area contributed by atoms with Gasteiger partial charge in [0, 0.05) is 12.1 Å². The molecule has 4 rings (SSSR count). The summed E-state index contributed by atoms with van der Waals surface area (Å²) < 4.78 is 0. The summed E-state index contributed by atoms with van der Waals surface area (Å²) in [5, 5.41) is 6.48. The van der Waals surface area contributed by atoms with Crippen LogP contribution in [0.1, 0.15) is 64.6 Å². The lowest BCUT2D eigenvalue weighted by molar-refractivity contribution is 0.0599. The van der Waals surface area contributed by atoms with Crippen molar-refractivity contribution in [3.05, 3.63) is 50.7 Å². The molecule has 1 aromatic heterocycles. The van der Waals surface area contributed by atoms with Crippen LogP contribution in [0.5, 0.6) is 0 Å². The molecule has 2 N–H and O–H groups in total. The molecule has 1 aromatic carbocycles. The molecule has 0 unspecified atom stereocenters. The van der Waals surface area contributed by atoms with Gasteiger partial charge in [-0.1, -0.05) is 6.07 Å². The lowest BCUT2D eigenvalue weighted by atomic mass is 9.95. The second kappa shape index (κ2) is 5.92. The van der Waals surface area contributed by atoms with E-state index in [2.05, 4.69) is 28.2 Å². The minimum atomic E-state index is -0.320. The molecule has 6 nitrogen and oxygen atoms in total. The summed E-state index contributed by atoms with van der Waals surface area (Å²) in [5.74, 6) is 0.638. The standard InChI is InChI=1S/C18H22N4O2/c1-11-8-9-14(13-6-4-5-12(11)13)17(23)22-10-3-2-7-15(22)16-19-18(24)21-20-16/h8-9,15H,2-7,10H2,1H3,(H2,19,20,21,24)/t15-/m0/s1. The average molecular weight is 326 g/mol. The average Bonchev–Trinajstić information content (AvgIpc) is 3.24. The van der Waals surface area contributed by atoms with Crippen molar-refractivity contribution in [3.63, 3.8) is 0 Å². The monoisotopic (exact) mass is 326 g/mol.